The lowest BCUT2D eigenvalue weighted by atomic mass is 10.0. The van der Waals surface area contributed by atoms with E-state index in [4.69, 9.17) is 9.47 Å². The Labute approximate surface area is 198 Å². The van der Waals surface area contributed by atoms with Gasteiger partial charge in [0.15, 0.2) is 5.78 Å². The van der Waals surface area contributed by atoms with E-state index in [0.717, 1.165) is 28.0 Å². The monoisotopic (exact) mass is 463 g/mol. The topological polar surface area (TPSA) is 89.4 Å². The fourth-order valence-corrected chi connectivity index (χ4v) is 4.19. The van der Waals surface area contributed by atoms with Gasteiger partial charge in [0, 0.05) is 42.5 Å². The number of ether oxygens (including phenoxy) is 2. The van der Waals surface area contributed by atoms with Crippen LogP contribution in [-0.2, 0) is 11.3 Å². The lowest BCUT2D eigenvalue weighted by Crippen LogP contribution is -2.38. The zero-order chi connectivity index (χ0) is 24.6. The molecule has 0 bridgehead atoms. The molecule has 8 nitrogen and oxygen atoms in total. The van der Waals surface area contributed by atoms with Crippen LogP contribution in [0.1, 0.15) is 54.1 Å². The van der Waals surface area contributed by atoms with Crippen LogP contribution in [0.4, 0.5) is 4.79 Å². The van der Waals surface area contributed by atoms with E-state index in [1.54, 1.807) is 45.0 Å². The highest BCUT2D eigenvalue weighted by atomic mass is 16.6. The fraction of sp³-hybridized carbons (Fsp3) is 0.346. The number of ketones is 1. The summed E-state index contributed by atoms with van der Waals surface area (Å²) in [6.07, 6.45) is 1.26. The average molecular weight is 464 g/mol. The molecule has 0 saturated heterocycles. The summed E-state index contributed by atoms with van der Waals surface area (Å²) >= 11 is 0. The van der Waals surface area contributed by atoms with Crippen molar-refractivity contribution in [2.45, 2.75) is 39.8 Å². The van der Waals surface area contributed by atoms with Crippen molar-refractivity contribution in [3.05, 3.63) is 59.4 Å². The van der Waals surface area contributed by atoms with Crippen LogP contribution in [0.2, 0.25) is 0 Å². The Morgan fingerprint density at radius 2 is 1.82 bits per heavy atom. The standard InChI is InChI=1S/C26H29N3O5/c1-16(30)18-10-12-29-21(14-18)22(17-6-8-19(33-5)9-7-17)20-15-28(24(31)23(20)29)13-11-27-25(32)34-26(2,3)4/h6-10,12,14H,11,13,15H2,1-5H3,(H,27,32). The third kappa shape index (κ3) is 4.48. The van der Waals surface area contributed by atoms with Gasteiger partial charge in [-0.1, -0.05) is 12.1 Å². The maximum absolute atomic E-state index is 13.4. The Morgan fingerprint density at radius 1 is 1.12 bits per heavy atom. The van der Waals surface area contributed by atoms with Crippen LogP contribution in [0.5, 0.6) is 5.75 Å². The van der Waals surface area contributed by atoms with Crippen LogP contribution >= 0.6 is 0 Å². The number of hydrogen-bond donors (Lipinski definition) is 1. The molecule has 8 heteroatoms. The van der Waals surface area contributed by atoms with Crippen LogP contribution < -0.4 is 10.1 Å². The Balaban J connectivity index is 1.66. The van der Waals surface area contributed by atoms with E-state index in [0.29, 0.717) is 24.3 Å². The average Bonchev–Trinajstić information content (AvgIpc) is 3.26. The molecule has 0 spiro atoms. The molecule has 0 unspecified atom stereocenters. The number of rotatable bonds is 6. The Morgan fingerprint density at radius 3 is 2.44 bits per heavy atom. The van der Waals surface area contributed by atoms with E-state index >= 15 is 0 Å². The second-order valence-corrected chi connectivity index (χ2v) is 9.31. The lowest BCUT2D eigenvalue weighted by Gasteiger charge is -2.21. The lowest BCUT2D eigenvalue weighted by molar-refractivity contribution is 0.0514. The summed E-state index contributed by atoms with van der Waals surface area (Å²) in [6.45, 7) is 7.96. The maximum Gasteiger partial charge on any atom is 0.407 e. The molecule has 2 aromatic heterocycles. The highest BCUT2D eigenvalue weighted by Gasteiger charge is 2.35. The first-order valence-corrected chi connectivity index (χ1v) is 11.2. The number of methoxy groups -OCH3 is 1. The molecule has 0 atom stereocenters. The summed E-state index contributed by atoms with van der Waals surface area (Å²) in [7, 11) is 1.61. The molecule has 1 aromatic carbocycles. The molecular formula is C26H29N3O5. The Kier molecular flexibility index (Phi) is 6.08. The zero-order valence-corrected chi connectivity index (χ0v) is 20.1. The van der Waals surface area contributed by atoms with Crippen LogP contribution in [0.25, 0.3) is 16.6 Å². The van der Waals surface area contributed by atoms with Crippen LogP contribution in [0, 0.1) is 0 Å². The van der Waals surface area contributed by atoms with Gasteiger partial charge in [-0.2, -0.15) is 0 Å². The van der Waals surface area contributed by atoms with Crippen molar-refractivity contribution in [2.75, 3.05) is 20.2 Å². The summed E-state index contributed by atoms with van der Waals surface area (Å²) in [5, 5.41) is 2.71. The minimum atomic E-state index is -0.586. The molecule has 1 aliphatic rings. The number of nitrogens with zero attached hydrogens (tertiary/aromatic N) is 2. The number of carbonyl (C=O) groups excluding carboxylic acids is 3. The number of pyridine rings is 1. The summed E-state index contributed by atoms with van der Waals surface area (Å²) in [6, 6.07) is 11.2. The molecular weight excluding hydrogens is 434 g/mol. The predicted octanol–water partition coefficient (Wildman–Crippen LogP) is 4.30. The number of nitrogens with one attached hydrogen (secondary N) is 1. The van der Waals surface area contributed by atoms with Gasteiger partial charge in [-0.15, -0.1) is 0 Å². The second-order valence-electron chi connectivity index (χ2n) is 9.31. The number of alkyl carbamates (subject to hydrolysis) is 1. The van der Waals surface area contributed by atoms with Gasteiger partial charge in [0.1, 0.15) is 17.0 Å². The first-order chi connectivity index (χ1) is 16.1. The highest BCUT2D eigenvalue weighted by Crippen LogP contribution is 2.39. The number of hydrogen-bond acceptors (Lipinski definition) is 5. The van der Waals surface area contributed by atoms with Crippen molar-refractivity contribution < 1.29 is 23.9 Å². The van der Waals surface area contributed by atoms with E-state index in [2.05, 4.69) is 5.32 Å². The maximum atomic E-state index is 13.4. The van der Waals surface area contributed by atoms with Crippen molar-refractivity contribution in [3.8, 4) is 16.9 Å². The fourth-order valence-electron chi connectivity index (χ4n) is 4.19. The van der Waals surface area contributed by atoms with E-state index in [-0.39, 0.29) is 18.2 Å². The van der Waals surface area contributed by atoms with Gasteiger partial charge in [-0.3, -0.25) is 9.59 Å². The molecule has 2 amide bonds. The summed E-state index contributed by atoms with van der Waals surface area (Å²) < 4.78 is 12.4. The summed E-state index contributed by atoms with van der Waals surface area (Å²) in [5.41, 5.74) is 4.13. The normalized spacial score (nSPS) is 13.2. The Bertz CT molecular complexity index is 1270. The van der Waals surface area contributed by atoms with Gasteiger partial charge in [0.25, 0.3) is 5.91 Å². The molecule has 0 aliphatic carbocycles. The zero-order valence-electron chi connectivity index (χ0n) is 20.1. The van der Waals surface area contributed by atoms with Crippen LogP contribution in [0.3, 0.4) is 0 Å². The number of benzene rings is 1. The second kappa shape index (κ2) is 8.85. The van der Waals surface area contributed by atoms with Crippen molar-refractivity contribution >= 4 is 23.3 Å². The molecule has 178 valence electrons. The third-order valence-corrected chi connectivity index (χ3v) is 5.71. The number of carbonyl (C=O) groups is 3. The molecule has 34 heavy (non-hydrogen) atoms. The van der Waals surface area contributed by atoms with Gasteiger partial charge >= 0.3 is 6.09 Å². The molecule has 1 N–H and O–H groups in total. The van der Waals surface area contributed by atoms with E-state index < -0.39 is 11.7 Å². The SMILES string of the molecule is COc1ccc(-c2c3c(n4ccc(C(C)=O)cc24)C(=O)N(CCNC(=O)OC(C)(C)C)C3)cc1. The first-order valence-electron chi connectivity index (χ1n) is 11.2. The van der Waals surface area contributed by atoms with Crippen molar-refractivity contribution in [1.82, 2.24) is 14.6 Å². The minimum absolute atomic E-state index is 0.0364. The summed E-state index contributed by atoms with van der Waals surface area (Å²) in [5.74, 6) is 0.580. The van der Waals surface area contributed by atoms with Gasteiger partial charge in [0.2, 0.25) is 0 Å². The van der Waals surface area contributed by atoms with E-state index in [9.17, 15) is 14.4 Å². The van der Waals surface area contributed by atoms with Crippen molar-refractivity contribution in [1.29, 1.82) is 0 Å². The predicted molar refractivity (Wildman–Crippen MR) is 128 cm³/mol. The molecule has 0 saturated carbocycles. The van der Waals surface area contributed by atoms with Crippen molar-refractivity contribution in [2.24, 2.45) is 0 Å². The van der Waals surface area contributed by atoms with E-state index in [1.807, 2.05) is 34.7 Å². The first kappa shape index (κ1) is 23.4. The van der Waals surface area contributed by atoms with Crippen LogP contribution in [0.15, 0.2) is 42.6 Å². The molecule has 1 aliphatic heterocycles. The minimum Gasteiger partial charge on any atom is -0.497 e. The summed E-state index contributed by atoms with van der Waals surface area (Å²) in [4.78, 5) is 39.0. The molecule has 4 rings (SSSR count). The quantitative estimate of drug-likeness (QED) is 0.551. The molecule has 0 radical (unpaired) electrons. The van der Waals surface area contributed by atoms with Gasteiger partial charge in [0.05, 0.1) is 12.6 Å². The number of fused-ring (bicyclic) bond motifs is 3. The molecule has 3 heterocycles. The molecule has 0 fully saturated rings. The third-order valence-electron chi connectivity index (χ3n) is 5.71. The van der Waals surface area contributed by atoms with Gasteiger partial charge in [-0.25, -0.2) is 4.79 Å². The number of aromatic nitrogens is 1. The highest BCUT2D eigenvalue weighted by molar-refractivity contribution is 6.05. The van der Waals surface area contributed by atoms with E-state index in [1.165, 1.54) is 6.92 Å². The van der Waals surface area contributed by atoms with Gasteiger partial charge in [-0.05, 0) is 57.5 Å². The Hall–Kier alpha value is -3.81. The molecule has 3 aromatic rings. The smallest absolute Gasteiger partial charge is 0.407 e. The number of Topliss-reactive ketones (excluding diaryl/α,β-unsaturated/α-hetero) is 1. The number of amides is 2. The van der Waals surface area contributed by atoms with Crippen molar-refractivity contribution in [3.63, 3.8) is 0 Å². The van der Waals surface area contributed by atoms with Gasteiger partial charge < -0.3 is 24.1 Å². The van der Waals surface area contributed by atoms with Crippen LogP contribution in [-0.4, -0.2) is 52.9 Å². The largest absolute Gasteiger partial charge is 0.497 e.